The molecule has 1 aromatic rings. The van der Waals surface area contributed by atoms with Crippen molar-refractivity contribution < 1.29 is 0 Å². The van der Waals surface area contributed by atoms with Crippen LogP contribution in [0.1, 0.15) is 6.42 Å². The molecule has 5 heteroatoms. The van der Waals surface area contributed by atoms with E-state index in [0.29, 0.717) is 6.54 Å². The van der Waals surface area contributed by atoms with Crippen LogP contribution in [0.3, 0.4) is 0 Å². The predicted octanol–water partition coefficient (Wildman–Crippen LogP) is 1.55. The molecule has 0 bridgehead atoms. The predicted molar refractivity (Wildman–Crippen MR) is 74.8 cm³/mol. The highest BCUT2D eigenvalue weighted by Gasteiger charge is 2.16. The summed E-state index contributed by atoms with van der Waals surface area (Å²) in [6, 6.07) is 8.03. The second-order valence-corrected chi connectivity index (χ2v) is 4.63. The molecule has 0 unspecified atom stereocenters. The second-order valence-electron chi connectivity index (χ2n) is 4.63. The van der Waals surface area contributed by atoms with Gasteiger partial charge in [-0.15, -0.1) is 0 Å². The van der Waals surface area contributed by atoms with Gasteiger partial charge in [0, 0.05) is 44.1 Å². The fourth-order valence-corrected chi connectivity index (χ4v) is 2.27. The summed E-state index contributed by atoms with van der Waals surface area (Å²) in [4.78, 5) is 14.8. The van der Waals surface area contributed by atoms with E-state index < -0.39 is 0 Å². The molecule has 1 aliphatic rings. The lowest BCUT2D eigenvalue weighted by Gasteiger charge is -2.36. The van der Waals surface area contributed by atoms with Crippen molar-refractivity contribution in [2.24, 2.45) is 5.18 Å². The number of nitrogens with two attached hydrogens (primary N) is 1. The van der Waals surface area contributed by atoms with Crippen LogP contribution in [-0.2, 0) is 0 Å². The number of nitrogen functional groups attached to an aromatic ring is 1. The minimum Gasteiger partial charge on any atom is -0.399 e. The number of hydrogen-bond donors (Lipinski definition) is 1. The Morgan fingerprint density at radius 3 is 2.39 bits per heavy atom. The number of rotatable bonds is 5. The monoisotopic (exact) mass is 248 g/mol. The van der Waals surface area contributed by atoms with E-state index in [-0.39, 0.29) is 0 Å². The zero-order valence-corrected chi connectivity index (χ0v) is 10.6. The molecule has 0 radical (unpaired) electrons. The molecule has 0 aliphatic carbocycles. The molecule has 2 rings (SSSR count). The molecule has 18 heavy (non-hydrogen) atoms. The van der Waals surface area contributed by atoms with Crippen LogP contribution in [0.4, 0.5) is 11.4 Å². The van der Waals surface area contributed by atoms with Gasteiger partial charge in [0.2, 0.25) is 0 Å². The molecule has 1 saturated heterocycles. The van der Waals surface area contributed by atoms with Crippen molar-refractivity contribution in [3.05, 3.63) is 29.2 Å². The van der Waals surface area contributed by atoms with E-state index in [4.69, 9.17) is 5.73 Å². The summed E-state index contributed by atoms with van der Waals surface area (Å²) in [6.07, 6.45) is 0.866. The van der Waals surface area contributed by atoms with E-state index in [2.05, 4.69) is 27.1 Å². The Morgan fingerprint density at radius 1 is 1.11 bits per heavy atom. The van der Waals surface area contributed by atoms with Gasteiger partial charge < -0.3 is 10.6 Å². The molecular weight excluding hydrogens is 228 g/mol. The lowest BCUT2D eigenvalue weighted by molar-refractivity contribution is 0.256. The van der Waals surface area contributed by atoms with E-state index in [1.807, 2.05) is 12.1 Å². The number of anilines is 2. The van der Waals surface area contributed by atoms with Gasteiger partial charge in [-0.1, -0.05) is 5.18 Å². The van der Waals surface area contributed by atoms with Crippen molar-refractivity contribution in [1.29, 1.82) is 0 Å². The molecular formula is C13H20N4O. The minimum atomic E-state index is 0.429. The third-order valence-electron chi connectivity index (χ3n) is 3.35. The average Bonchev–Trinajstić information content (AvgIpc) is 2.41. The number of nitroso groups, excluding NO2 is 1. The van der Waals surface area contributed by atoms with Crippen molar-refractivity contribution >= 4 is 11.4 Å². The first-order valence-corrected chi connectivity index (χ1v) is 6.41. The fraction of sp³-hybridized carbons (Fsp3) is 0.538. The Hall–Kier alpha value is -1.62. The molecule has 2 N–H and O–H groups in total. The molecule has 1 aliphatic heterocycles. The third-order valence-corrected chi connectivity index (χ3v) is 3.35. The SMILES string of the molecule is Nc1ccc(N2CCN(CCCN=O)CC2)cc1. The summed E-state index contributed by atoms with van der Waals surface area (Å²) in [5.74, 6) is 0. The summed E-state index contributed by atoms with van der Waals surface area (Å²) in [5, 5.41) is 2.89. The van der Waals surface area contributed by atoms with Gasteiger partial charge in [-0.3, -0.25) is 4.90 Å². The normalized spacial score (nSPS) is 16.8. The van der Waals surface area contributed by atoms with Crippen molar-refractivity contribution in [2.45, 2.75) is 6.42 Å². The maximum Gasteiger partial charge on any atom is 0.0823 e. The van der Waals surface area contributed by atoms with Crippen molar-refractivity contribution in [3.8, 4) is 0 Å². The Bertz CT molecular complexity index is 371. The van der Waals surface area contributed by atoms with E-state index in [9.17, 15) is 4.91 Å². The fourth-order valence-electron chi connectivity index (χ4n) is 2.27. The van der Waals surface area contributed by atoms with Crippen LogP contribution in [-0.4, -0.2) is 44.2 Å². The Kier molecular flexibility index (Phi) is 4.52. The summed E-state index contributed by atoms with van der Waals surface area (Å²) in [6.45, 7) is 5.54. The van der Waals surface area contributed by atoms with Crippen LogP contribution in [0.15, 0.2) is 29.4 Å². The number of nitrogens with zero attached hydrogens (tertiary/aromatic N) is 3. The number of hydrogen-bond acceptors (Lipinski definition) is 5. The smallest absolute Gasteiger partial charge is 0.0823 e. The van der Waals surface area contributed by atoms with Crippen LogP contribution in [0.2, 0.25) is 0 Å². The van der Waals surface area contributed by atoms with Gasteiger partial charge >= 0.3 is 0 Å². The molecule has 1 aromatic carbocycles. The van der Waals surface area contributed by atoms with E-state index in [0.717, 1.165) is 44.8 Å². The first-order valence-electron chi connectivity index (χ1n) is 6.41. The van der Waals surface area contributed by atoms with Gasteiger partial charge in [0.15, 0.2) is 0 Å². The van der Waals surface area contributed by atoms with Gasteiger partial charge in [-0.25, -0.2) is 0 Å². The third kappa shape index (κ3) is 3.43. The molecule has 0 saturated carbocycles. The largest absolute Gasteiger partial charge is 0.399 e. The van der Waals surface area contributed by atoms with Crippen LogP contribution in [0.5, 0.6) is 0 Å². The summed E-state index contributed by atoms with van der Waals surface area (Å²) >= 11 is 0. The first kappa shape index (κ1) is 12.8. The molecule has 98 valence electrons. The first-order chi connectivity index (χ1) is 8.79. The Balaban J connectivity index is 1.79. The van der Waals surface area contributed by atoms with Crippen LogP contribution < -0.4 is 10.6 Å². The highest BCUT2D eigenvalue weighted by molar-refractivity contribution is 5.53. The van der Waals surface area contributed by atoms with Gasteiger partial charge in [-0.05, 0) is 30.7 Å². The van der Waals surface area contributed by atoms with Gasteiger partial charge in [0.1, 0.15) is 0 Å². The number of benzene rings is 1. The molecule has 1 heterocycles. The maximum atomic E-state index is 10.0. The standard InChI is InChI=1S/C13H20N4O/c14-12-2-4-13(5-3-12)17-10-8-16(9-11-17)7-1-6-15-18/h2-5H,1,6-11,14H2. The topological polar surface area (TPSA) is 61.9 Å². The van der Waals surface area contributed by atoms with E-state index in [1.165, 1.54) is 5.69 Å². The lowest BCUT2D eigenvalue weighted by Crippen LogP contribution is -2.46. The second kappa shape index (κ2) is 6.35. The quantitative estimate of drug-likeness (QED) is 0.488. The van der Waals surface area contributed by atoms with Crippen LogP contribution in [0.25, 0.3) is 0 Å². The van der Waals surface area contributed by atoms with Gasteiger partial charge in [-0.2, -0.15) is 4.91 Å². The molecule has 0 atom stereocenters. The van der Waals surface area contributed by atoms with Crippen molar-refractivity contribution in [3.63, 3.8) is 0 Å². The highest BCUT2D eigenvalue weighted by atomic mass is 16.3. The average molecular weight is 248 g/mol. The summed E-state index contributed by atoms with van der Waals surface area (Å²) in [5.41, 5.74) is 7.72. The van der Waals surface area contributed by atoms with Gasteiger partial charge in [0.25, 0.3) is 0 Å². The summed E-state index contributed by atoms with van der Waals surface area (Å²) < 4.78 is 0. The maximum absolute atomic E-state index is 10.0. The van der Waals surface area contributed by atoms with Crippen LogP contribution >= 0.6 is 0 Å². The van der Waals surface area contributed by atoms with E-state index in [1.54, 1.807) is 0 Å². The zero-order chi connectivity index (χ0) is 12.8. The Morgan fingerprint density at radius 2 is 1.78 bits per heavy atom. The molecule has 0 spiro atoms. The molecule has 1 fully saturated rings. The minimum absolute atomic E-state index is 0.429. The lowest BCUT2D eigenvalue weighted by atomic mass is 10.2. The highest BCUT2D eigenvalue weighted by Crippen LogP contribution is 2.18. The number of piperazine rings is 1. The van der Waals surface area contributed by atoms with Crippen molar-refractivity contribution in [1.82, 2.24) is 4.90 Å². The van der Waals surface area contributed by atoms with Gasteiger partial charge in [0.05, 0.1) is 6.54 Å². The Labute approximate surface area is 108 Å². The summed E-state index contributed by atoms with van der Waals surface area (Å²) in [7, 11) is 0. The van der Waals surface area contributed by atoms with Crippen LogP contribution in [0, 0.1) is 4.91 Å². The van der Waals surface area contributed by atoms with E-state index >= 15 is 0 Å². The molecule has 0 aromatic heterocycles. The molecule has 0 amide bonds. The molecule has 5 nitrogen and oxygen atoms in total. The van der Waals surface area contributed by atoms with Crippen molar-refractivity contribution in [2.75, 3.05) is 49.9 Å². The zero-order valence-electron chi connectivity index (χ0n) is 10.6.